The lowest BCUT2D eigenvalue weighted by Crippen LogP contribution is -2.49. The van der Waals surface area contributed by atoms with Crippen LogP contribution in [-0.2, 0) is 0 Å². The van der Waals surface area contributed by atoms with Crippen LogP contribution in [0.1, 0.15) is 9.59 Å². The molecular formula is C26H33ClN6O2S. The van der Waals surface area contributed by atoms with Crippen molar-refractivity contribution in [2.75, 3.05) is 79.5 Å². The van der Waals surface area contributed by atoms with Gasteiger partial charge in [-0.05, 0) is 44.4 Å². The number of benzene rings is 2. The first-order valence-corrected chi connectivity index (χ1v) is 13.6. The van der Waals surface area contributed by atoms with Crippen LogP contribution in [0.25, 0.3) is 20.4 Å². The lowest BCUT2D eigenvalue weighted by molar-refractivity contribution is 0.0688. The van der Waals surface area contributed by atoms with E-state index in [4.69, 9.17) is 11.6 Å². The van der Waals surface area contributed by atoms with Gasteiger partial charge in [0.15, 0.2) is 0 Å². The van der Waals surface area contributed by atoms with E-state index in [1.54, 1.807) is 26.8 Å². The number of para-hydroxylation sites is 1. The number of halogens is 1. The molecule has 5 rings (SSSR count). The standard InChI is InChI=1S/C26H33ClN6O2S/c1-28-9-13-30(14-10-28)18-25(34)32-21-5-3-4-6-23(21)36-24-8-7-20(27)17-22(24)33(32)26(35)19-31-15-11-29(2)12-16-31/h3-8,17H,9-16,18-19H2,1-2H3. The highest BCUT2D eigenvalue weighted by molar-refractivity contribution is 7.24. The number of piperazine rings is 2. The molecule has 2 saturated heterocycles. The topological polar surface area (TPSA) is 57.0 Å². The van der Waals surface area contributed by atoms with Gasteiger partial charge in [-0.2, -0.15) is 0 Å². The summed E-state index contributed by atoms with van der Waals surface area (Å²) in [6.45, 7) is 7.45. The maximum Gasteiger partial charge on any atom is 0.260 e. The molecule has 0 atom stereocenters. The minimum absolute atomic E-state index is 0.118. The molecule has 0 unspecified atom stereocenters. The van der Waals surface area contributed by atoms with Gasteiger partial charge in [0.2, 0.25) is 0 Å². The van der Waals surface area contributed by atoms with Crippen LogP contribution >= 0.6 is 22.9 Å². The maximum absolute atomic E-state index is 14.0. The molecule has 8 nitrogen and oxygen atoms in total. The Hall–Kier alpha value is -2.27. The molecule has 36 heavy (non-hydrogen) atoms. The Morgan fingerprint density at radius 3 is 1.81 bits per heavy atom. The summed E-state index contributed by atoms with van der Waals surface area (Å²) in [4.78, 5) is 36.9. The summed E-state index contributed by atoms with van der Waals surface area (Å²) < 4.78 is 5.01. The molecule has 2 aliphatic rings. The first-order chi connectivity index (χ1) is 17.4. The highest BCUT2D eigenvalue weighted by Gasteiger charge is 2.24. The van der Waals surface area contributed by atoms with E-state index in [0.29, 0.717) is 10.5 Å². The average molecular weight is 529 g/mol. The fraction of sp³-hybridized carbons (Fsp3) is 0.462. The number of hydrogen-bond donors (Lipinski definition) is 0. The molecule has 10 heteroatoms. The predicted octanol–water partition coefficient (Wildman–Crippen LogP) is 3.21. The number of aromatic nitrogens is 2. The second-order valence-electron chi connectivity index (χ2n) is 9.75. The summed E-state index contributed by atoms with van der Waals surface area (Å²) in [7, 11) is 4.19. The number of rotatable bonds is 4. The quantitative estimate of drug-likeness (QED) is 0.518. The molecule has 2 fully saturated rings. The van der Waals surface area contributed by atoms with Gasteiger partial charge in [-0.15, -0.1) is 11.3 Å². The Kier molecular flexibility index (Phi) is 7.76. The number of hydrogen-bond acceptors (Lipinski definition) is 7. The van der Waals surface area contributed by atoms with Gasteiger partial charge in [-0.1, -0.05) is 23.7 Å². The number of likely N-dealkylation sites (N-methyl/N-ethyl adjacent to an activating group) is 2. The van der Waals surface area contributed by atoms with Crippen molar-refractivity contribution in [1.29, 1.82) is 0 Å². The monoisotopic (exact) mass is 528 g/mol. The molecule has 192 valence electrons. The molecule has 0 saturated carbocycles. The second-order valence-corrected chi connectivity index (χ2v) is 11.3. The SMILES string of the molecule is CN1CCN(CC(=O)n2c3ccccc3sc3ccc(Cl)cc3n2C(=O)CN2CCN(C)CC2)CC1. The molecular weight excluding hydrogens is 496 g/mol. The van der Waals surface area contributed by atoms with Crippen LogP contribution in [0.5, 0.6) is 0 Å². The minimum Gasteiger partial charge on any atom is -0.304 e. The first kappa shape index (κ1) is 25.4. The Labute approximate surface area is 220 Å². The average Bonchev–Trinajstić information content (AvgIpc) is 3.01. The van der Waals surface area contributed by atoms with E-state index < -0.39 is 0 Å². The lowest BCUT2D eigenvalue weighted by Gasteiger charge is -2.33. The predicted molar refractivity (Wildman–Crippen MR) is 147 cm³/mol. The number of nitrogens with zero attached hydrogens (tertiary/aromatic N) is 6. The Morgan fingerprint density at radius 2 is 1.22 bits per heavy atom. The van der Waals surface area contributed by atoms with E-state index in [1.165, 1.54) is 0 Å². The van der Waals surface area contributed by atoms with Crippen LogP contribution in [0.4, 0.5) is 0 Å². The van der Waals surface area contributed by atoms with E-state index in [0.717, 1.165) is 67.3 Å². The molecule has 3 heterocycles. The first-order valence-electron chi connectivity index (χ1n) is 12.4. The van der Waals surface area contributed by atoms with Gasteiger partial charge in [0.05, 0.1) is 33.5 Å². The van der Waals surface area contributed by atoms with Gasteiger partial charge in [0, 0.05) is 57.4 Å². The lowest BCUT2D eigenvalue weighted by atomic mass is 10.3. The van der Waals surface area contributed by atoms with Crippen molar-refractivity contribution in [3.63, 3.8) is 0 Å². The molecule has 0 aliphatic carbocycles. The Bertz CT molecular complexity index is 1310. The zero-order chi connectivity index (χ0) is 25.2. The molecule has 2 aliphatic heterocycles. The normalized spacial score (nSPS) is 18.6. The molecule has 0 bridgehead atoms. The van der Waals surface area contributed by atoms with Crippen LogP contribution in [0, 0.1) is 0 Å². The van der Waals surface area contributed by atoms with Crippen LogP contribution < -0.4 is 0 Å². The van der Waals surface area contributed by atoms with E-state index >= 15 is 0 Å². The fourth-order valence-corrected chi connectivity index (χ4v) is 6.01. The van der Waals surface area contributed by atoms with Gasteiger partial charge in [0.25, 0.3) is 11.8 Å². The van der Waals surface area contributed by atoms with Crippen molar-refractivity contribution in [2.24, 2.45) is 0 Å². The van der Waals surface area contributed by atoms with Gasteiger partial charge < -0.3 is 9.80 Å². The third-order valence-electron chi connectivity index (χ3n) is 7.04. The summed E-state index contributed by atoms with van der Waals surface area (Å²) in [5.41, 5.74) is 1.37. The van der Waals surface area contributed by atoms with Crippen LogP contribution in [0.2, 0.25) is 5.02 Å². The van der Waals surface area contributed by atoms with E-state index in [1.807, 2.05) is 36.4 Å². The van der Waals surface area contributed by atoms with E-state index in [-0.39, 0.29) is 24.9 Å². The smallest absolute Gasteiger partial charge is 0.260 e. The van der Waals surface area contributed by atoms with Crippen LogP contribution in [-0.4, -0.2) is 120 Å². The van der Waals surface area contributed by atoms with Crippen LogP contribution in [0.3, 0.4) is 0 Å². The molecule has 1 aromatic heterocycles. The van der Waals surface area contributed by atoms with E-state index in [2.05, 4.69) is 33.7 Å². The largest absolute Gasteiger partial charge is 0.304 e. The molecule has 3 aromatic rings. The molecule has 0 radical (unpaired) electrons. The Balaban J connectivity index is 1.65. The summed E-state index contributed by atoms with van der Waals surface area (Å²) in [6, 6.07) is 13.4. The molecule has 2 aromatic carbocycles. The van der Waals surface area contributed by atoms with Gasteiger partial charge in [-0.3, -0.25) is 19.4 Å². The number of carbonyl (C=O) groups excluding carboxylic acids is 2. The third-order valence-corrected chi connectivity index (χ3v) is 8.41. The van der Waals surface area contributed by atoms with Crippen molar-refractivity contribution >= 4 is 55.2 Å². The van der Waals surface area contributed by atoms with Crippen molar-refractivity contribution < 1.29 is 9.59 Å². The fourth-order valence-electron chi connectivity index (χ4n) is 4.81. The molecule has 0 N–H and O–H groups in total. The Morgan fingerprint density at radius 1 is 0.722 bits per heavy atom. The zero-order valence-electron chi connectivity index (χ0n) is 20.9. The summed E-state index contributed by atoms with van der Waals surface area (Å²) in [6.07, 6.45) is 0. The zero-order valence-corrected chi connectivity index (χ0v) is 22.5. The van der Waals surface area contributed by atoms with Crippen molar-refractivity contribution in [2.45, 2.75) is 0 Å². The summed E-state index contributed by atoms with van der Waals surface area (Å²) >= 11 is 8.00. The molecule has 0 amide bonds. The number of fused-ring (bicyclic) bond motifs is 2. The van der Waals surface area contributed by atoms with Gasteiger partial charge >= 0.3 is 0 Å². The van der Waals surface area contributed by atoms with Gasteiger partial charge in [-0.25, -0.2) is 9.36 Å². The van der Waals surface area contributed by atoms with Crippen molar-refractivity contribution in [3.05, 3.63) is 47.5 Å². The highest BCUT2D eigenvalue weighted by atomic mass is 35.5. The molecule has 0 spiro atoms. The highest BCUT2D eigenvalue weighted by Crippen LogP contribution is 2.28. The van der Waals surface area contributed by atoms with Crippen molar-refractivity contribution in [1.82, 2.24) is 29.0 Å². The maximum atomic E-state index is 14.0. The van der Waals surface area contributed by atoms with E-state index in [9.17, 15) is 9.59 Å². The summed E-state index contributed by atoms with van der Waals surface area (Å²) in [5, 5.41) is 0.532. The second kappa shape index (κ2) is 11.0. The van der Waals surface area contributed by atoms with Crippen LogP contribution in [0.15, 0.2) is 42.5 Å². The number of carbonyl (C=O) groups is 2. The minimum atomic E-state index is -0.132. The van der Waals surface area contributed by atoms with Crippen molar-refractivity contribution in [3.8, 4) is 0 Å². The van der Waals surface area contributed by atoms with Gasteiger partial charge in [0.1, 0.15) is 0 Å². The third kappa shape index (κ3) is 5.51. The summed E-state index contributed by atoms with van der Waals surface area (Å²) in [5.74, 6) is -0.251.